The van der Waals surface area contributed by atoms with Crippen LogP contribution in [0.1, 0.15) is 47.9 Å². The molecular weight excluding hydrogens is 488 g/mol. The van der Waals surface area contributed by atoms with Crippen molar-refractivity contribution in [1.82, 2.24) is 9.71 Å². The largest absolute Gasteiger partial charge is 0.354 e. The summed E-state index contributed by atoms with van der Waals surface area (Å²) in [6.45, 7) is 1.76. The van der Waals surface area contributed by atoms with Gasteiger partial charge in [0.1, 0.15) is 17.7 Å². The van der Waals surface area contributed by atoms with E-state index in [1.54, 1.807) is 23.1 Å². The minimum Gasteiger partial charge on any atom is -0.354 e. The molecule has 1 saturated carbocycles. The molecule has 0 spiro atoms. The van der Waals surface area contributed by atoms with E-state index >= 15 is 0 Å². The lowest BCUT2D eigenvalue weighted by molar-refractivity contribution is -0.120. The van der Waals surface area contributed by atoms with E-state index in [1.807, 2.05) is 19.1 Å². The number of H-pyrrole nitrogens is 1. The molecule has 2 unspecified atom stereocenters. The molecule has 36 heavy (non-hydrogen) atoms. The van der Waals surface area contributed by atoms with E-state index in [1.165, 1.54) is 6.20 Å². The van der Waals surface area contributed by atoms with Gasteiger partial charge in [0.15, 0.2) is 0 Å². The number of halogens is 2. The molecule has 3 aromatic rings. The van der Waals surface area contributed by atoms with E-state index in [0.717, 1.165) is 23.8 Å². The van der Waals surface area contributed by atoms with Crippen LogP contribution in [-0.4, -0.2) is 30.6 Å². The zero-order valence-electron chi connectivity index (χ0n) is 19.5. The fraction of sp³-hybridized carbons (Fsp3) is 0.308. The number of hydrogen-bond donors (Lipinski definition) is 2. The topological polar surface area (TPSA) is 99.3 Å². The van der Waals surface area contributed by atoms with Crippen molar-refractivity contribution in [3.8, 4) is 0 Å². The standard InChI is InChI=1S/C26H25F2N3O4S/c1-2-15-5-10-22-20(12-15)23(19-4-3-11-29-25(19)32)24(26(33)30-36(34,35)18-7-8-18)31(22)14-16-13-17(27)6-9-21(16)28/h3-6,9-13,18,23-24H,2,7-8,14H2,1H3,(H,29,32)(H,30,33). The van der Waals surface area contributed by atoms with Gasteiger partial charge in [0.05, 0.1) is 5.25 Å². The molecular formula is C26H25F2N3O4S. The summed E-state index contributed by atoms with van der Waals surface area (Å²) in [6, 6.07) is 10.6. The third kappa shape index (κ3) is 4.41. The Hall–Kier alpha value is -3.53. The number of aryl methyl sites for hydroxylation is 1. The number of carbonyl (C=O) groups excluding carboxylic acids is 1. The molecule has 2 atom stereocenters. The number of nitrogens with one attached hydrogen (secondary N) is 2. The highest BCUT2D eigenvalue weighted by molar-refractivity contribution is 7.90. The summed E-state index contributed by atoms with van der Waals surface area (Å²) in [5.74, 6) is -2.95. The van der Waals surface area contributed by atoms with Gasteiger partial charge in [0.2, 0.25) is 10.0 Å². The van der Waals surface area contributed by atoms with Crippen LogP contribution in [0.5, 0.6) is 0 Å². The van der Waals surface area contributed by atoms with Crippen LogP contribution in [0.25, 0.3) is 0 Å². The maximum absolute atomic E-state index is 14.7. The number of fused-ring (bicyclic) bond motifs is 1. The number of amides is 1. The van der Waals surface area contributed by atoms with Crippen LogP contribution in [0.4, 0.5) is 14.5 Å². The van der Waals surface area contributed by atoms with Crippen molar-refractivity contribution < 1.29 is 22.0 Å². The Labute approximate surface area is 207 Å². The molecule has 2 aromatic carbocycles. The quantitative estimate of drug-likeness (QED) is 0.505. The Morgan fingerprint density at radius 1 is 1.11 bits per heavy atom. The monoisotopic (exact) mass is 513 g/mol. The van der Waals surface area contributed by atoms with Crippen LogP contribution in [0, 0.1) is 11.6 Å². The maximum atomic E-state index is 14.7. The second-order valence-electron chi connectivity index (χ2n) is 9.20. The number of hydrogen-bond acceptors (Lipinski definition) is 5. The molecule has 0 bridgehead atoms. The van der Waals surface area contributed by atoms with E-state index in [2.05, 4.69) is 9.71 Å². The zero-order chi connectivity index (χ0) is 25.6. The zero-order valence-corrected chi connectivity index (χ0v) is 20.3. The molecule has 0 radical (unpaired) electrons. The molecule has 1 aliphatic heterocycles. The summed E-state index contributed by atoms with van der Waals surface area (Å²) in [7, 11) is -3.90. The predicted octanol–water partition coefficient (Wildman–Crippen LogP) is 3.34. The lowest BCUT2D eigenvalue weighted by Crippen LogP contribution is -2.50. The van der Waals surface area contributed by atoms with Crippen molar-refractivity contribution in [3.63, 3.8) is 0 Å². The first-order valence-electron chi connectivity index (χ1n) is 11.8. The Kier molecular flexibility index (Phi) is 6.15. The van der Waals surface area contributed by atoms with Crippen LogP contribution in [0.2, 0.25) is 0 Å². The molecule has 0 saturated heterocycles. The SMILES string of the molecule is CCc1ccc2c(c1)C(c1ccc[nH]c1=O)C(C(=O)NS(=O)(=O)C1CC1)N2Cc1cc(F)ccc1F. The molecule has 5 rings (SSSR count). The van der Waals surface area contributed by atoms with E-state index in [0.29, 0.717) is 30.5 Å². The lowest BCUT2D eigenvalue weighted by Gasteiger charge is -2.29. The van der Waals surface area contributed by atoms with Gasteiger partial charge in [-0.25, -0.2) is 17.2 Å². The minimum absolute atomic E-state index is 0.00555. The maximum Gasteiger partial charge on any atom is 0.257 e. The van der Waals surface area contributed by atoms with Gasteiger partial charge in [-0.1, -0.05) is 25.1 Å². The number of benzene rings is 2. The van der Waals surface area contributed by atoms with Crippen LogP contribution < -0.4 is 15.2 Å². The number of anilines is 1. The van der Waals surface area contributed by atoms with E-state index in [9.17, 15) is 26.8 Å². The highest BCUT2D eigenvalue weighted by atomic mass is 32.2. The average Bonchev–Trinajstić information content (AvgIpc) is 3.66. The Balaban J connectivity index is 1.68. The lowest BCUT2D eigenvalue weighted by atomic mass is 9.87. The summed E-state index contributed by atoms with van der Waals surface area (Å²) in [5, 5.41) is -0.635. The molecule has 2 N–H and O–H groups in total. The van der Waals surface area contributed by atoms with Crippen molar-refractivity contribution in [2.75, 3.05) is 4.90 Å². The summed E-state index contributed by atoms with van der Waals surface area (Å²) in [5.41, 5.74) is 2.01. The summed E-state index contributed by atoms with van der Waals surface area (Å²) in [6.07, 6.45) is 3.09. The summed E-state index contributed by atoms with van der Waals surface area (Å²) >= 11 is 0. The smallest absolute Gasteiger partial charge is 0.257 e. The molecule has 1 aliphatic carbocycles. The molecule has 1 amide bonds. The van der Waals surface area contributed by atoms with Crippen molar-refractivity contribution in [3.05, 3.63) is 99.0 Å². The van der Waals surface area contributed by atoms with Crippen LogP contribution in [0.15, 0.2) is 59.5 Å². The predicted molar refractivity (Wildman–Crippen MR) is 131 cm³/mol. The number of aromatic nitrogens is 1. The number of sulfonamides is 1. The second-order valence-corrected chi connectivity index (χ2v) is 11.2. The van der Waals surface area contributed by atoms with Gasteiger partial charge < -0.3 is 9.88 Å². The third-order valence-electron chi connectivity index (χ3n) is 6.80. The summed E-state index contributed by atoms with van der Waals surface area (Å²) < 4.78 is 56.2. The van der Waals surface area contributed by atoms with Crippen molar-refractivity contribution in [2.45, 2.75) is 49.9 Å². The first-order valence-corrected chi connectivity index (χ1v) is 13.3. The molecule has 188 valence electrons. The Morgan fingerprint density at radius 2 is 1.89 bits per heavy atom. The van der Waals surface area contributed by atoms with Gasteiger partial charge in [-0.2, -0.15) is 0 Å². The van der Waals surface area contributed by atoms with E-state index in [4.69, 9.17) is 0 Å². The first kappa shape index (κ1) is 24.2. The van der Waals surface area contributed by atoms with E-state index < -0.39 is 50.3 Å². The number of nitrogens with zero attached hydrogens (tertiary/aromatic N) is 1. The van der Waals surface area contributed by atoms with Crippen molar-refractivity contribution >= 4 is 21.6 Å². The normalized spacial score (nSPS) is 19.2. The van der Waals surface area contributed by atoms with Crippen molar-refractivity contribution in [2.24, 2.45) is 0 Å². The minimum atomic E-state index is -3.90. The number of rotatable bonds is 7. The molecule has 10 heteroatoms. The fourth-order valence-electron chi connectivity index (χ4n) is 4.84. The molecule has 2 aliphatic rings. The molecule has 2 heterocycles. The third-order valence-corrected chi connectivity index (χ3v) is 8.64. The second kappa shape index (κ2) is 9.16. The van der Waals surface area contributed by atoms with Crippen LogP contribution in [0.3, 0.4) is 0 Å². The highest BCUT2D eigenvalue weighted by Crippen LogP contribution is 2.45. The van der Waals surface area contributed by atoms with Gasteiger partial charge in [0.25, 0.3) is 11.5 Å². The average molecular weight is 514 g/mol. The van der Waals surface area contributed by atoms with Gasteiger partial charge in [0, 0.05) is 35.5 Å². The van der Waals surface area contributed by atoms with Crippen molar-refractivity contribution in [1.29, 1.82) is 0 Å². The number of carbonyl (C=O) groups is 1. The first-order chi connectivity index (χ1) is 17.2. The number of aromatic amines is 1. The summed E-state index contributed by atoms with van der Waals surface area (Å²) in [4.78, 5) is 30.7. The van der Waals surface area contributed by atoms with Gasteiger partial charge in [-0.3, -0.25) is 14.3 Å². The number of pyridine rings is 1. The fourth-order valence-corrected chi connectivity index (χ4v) is 6.16. The Morgan fingerprint density at radius 3 is 2.58 bits per heavy atom. The van der Waals surface area contributed by atoms with Crippen LogP contribution >= 0.6 is 0 Å². The Bertz CT molecular complexity index is 1500. The molecule has 1 fully saturated rings. The molecule has 7 nitrogen and oxygen atoms in total. The van der Waals surface area contributed by atoms with Gasteiger partial charge >= 0.3 is 0 Å². The van der Waals surface area contributed by atoms with Gasteiger partial charge in [-0.15, -0.1) is 0 Å². The van der Waals surface area contributed by atoms with Crippen LogP contribution in [-0.2, 0) is 27.8 Å². The highest BCUT2D eigenvalue weighted by Gasteiger charge is 2.47. The van der Waals surface area contributed by atoms with E-state index in [-0.39, 0.29) is 17.7 Å². The van der Waals surface area contributed by atoms with Gasteiger partial charge in [-0.05, 0) is 60.7 Å². The molecule has 1 aromatic heterocycles.